The van der Waals surface area contributed by atoms with Crippen LogP contribution < -0.4 is 0 Å². The van der Waals surface area contributed by atoms with Crippen LogP contribution in [0.4, 0.5) is 0 Å². The van der Waals surface area contributed by atoms with Crippen molar-refractivity contribution >= 4 is 0 Å². The van der Waals surface area contributed by atoms with Gasteiger partial charge in [0, 0.05) is 0 Å². The maximum absolute atomic E-state index is 2.27. The summed E-state index contributed by atoms with van der Waals surface area (Å²) in [7, 11) is 0. The molecule has 0 saturated heterocycles. The summed E-state index contributed by atoms with van der Waals surface area (Å²) in [4.78, 5) is 0. The van der Waals surface area contributed by atoms with Gasteiger partial charge in [-0.05, 0) is 17.8 Å². The van der Waals surface area contributed by atoms with Gasteiger partial charge in [-0.2, -0.15) is 0 Å². The van der Waals surface area contributed by atoms with Crippen molar-refractivity contribution in [3.63, 3.8) is 0 Å². The van der Waals surface area contributed by atoms with Crippen molar-refractivity contribution in [2.45, 2.75) is 62.3 Å². The zero-order chi connectivity index (χ0) is 16.9. The van der Waals surface area contributed by atoms with Crippen molar-refractivity contribution in [3.05, 3.63) is 60.2 Å². The molecule has 0 atom stereocenters. The molecule has 0 amide bonds. The number of allylic oxidation sites excluding steroid dienone is 4. The lowest BCUT2D eigenvalue weighted by Crippen LogP contribution is -2.29. The van der Waals surface area contributed by atoms with Crippen molar-refractivity contribution < 1.29 is 0 Å². The Labute approximate surface area is 134 Å². The third-order valence-electron chi connectivity index (χ3n) is 3.74. The van der Waals surface area contributed by atoms with Crippen LogP contribution in [0.2, 0.25) is 0 Å². The third kappa shape index (κ3) is 8.55. The number of rotatable bonds is 0. The van der Waals surface area contributed by atoms with Crippen molar-refractivity contribution in [1.29, 1.82) is 0 Å². The fourth-order valence-electron chi connectivity index (χ4n) is 1.56. The fourth-order valence-corrected chi connectivity index (χ4v) is 1.56. The number of hydrogen-bond acceptors (Lipinski definition) is 0. The van der Waals surface area contributed by atoms with Crippen molar-refractivity contribution in [1.82, 2.24) is 0 Å². The molecule has 0 nitrogen and oxygen atoms in total. The highest BCUT2D eigenvalue weighted by atomic mass is 14.4. The monoisotopic (exact) mass is 288 g/mol. The zero-order valence-corrected chi connectivity index (χ0v) is 15.7. The van der Waals surface area contributed by atoms with E-state index < -0.39 is 0 Å². The average Bonchev–Trinajstić information content (AvgIpc) is 2.48. The Morgan fingerprint density at radius 1 is 0.619 bits per heavy atom. The van der Waals surface area contributed by atoms with Gasteiger partial charge < -0.3 is 0 Å². The number of hydrogen-bond donors (Lipinski definition) is 0. The summed E-state index contributed by atoms with van der Waals surface area (Å²) in [5.41, 5.74) is 1.94. The van der Waals surface area contributed by atoms with Gasteiger partial charge in [0.05, 0.1) is 0 Å². The van der Waals surface area contributed by atoms with E-state index in [0.29, 0.717) is 10.8 Å². The van der Waals surface area contributed by atoms with Crippen LogP contribution in [-0.2, 0) is 0 Å². The first-order chi connectivity index (χ1) is 9.85. The van der Waals surface area contributed by atoms with Gasteiger partial charge in [0.15, 0.2) is 0 Å². The summed E-state index contributed by atoms with van der Waals surface area (Å²) in [6, 6.07) is 10.3. The molecule has 1 aliphatic carbocycles. The Hall–Kier alpha value is -1.30. The average molecular weight is 289 g/mol. The van der Waals surface area contributed by atoms with Gasteiger partial charge in [-0.15, -0.1) is 0 Å². The van der Waals surface area contributed by atoms with Gasteiger partial charge in [-0.1, -0.05) is 116 Å². The van der Waals surface area contributed by atoms with E-state index in [1.54, 1.807) is 0 Å². The summed E-state index contributed by atoms with van der Waals surface area (Å²) in [5, 5.41) is 0. The van der Waals surface area contributed by atoms with E-state index >= 15 is 0 Å². The molecule has 0 fully saturated rings. The second kappa shape index (κ2) is 11.4. The second-order valence-electron chi connectivity index (χ2n) is 5.82. The molecule has 0 saturated carbocycles. The molecule has 21 heavy (non-hydrogen) atoms. The quantitative estimate of drug-likeness (QED) is 0.473. The molecule has 120 valence electrons. The molecule has 0 heterocycles. The van der Waals surface area contributed by atoms with E-state index in [-0.39, 0.29) is 0 Å². The van der Waals surface area contributed by atoms with Gasteiger partial charge in [-0.3, -0.25) is 0 Å². The molecule has 1 aromatic carbocycles. The highest BCUT2D eigenvalue weighted by molar-refractivity contribution is 5.21. The molecule has 0 unspecified atom stereocenters. The lowest BCUT2D eigenvalue weighted by molar-refractivity contribution is 0.229. The molecule has 0 spiro atoms. The molecular formula is C21H36. The Bertz CT molecular complexity index is 369. The van der Waals surface area contributed by atoms with Gasteiger partial charge in [0.1, 0.15) is 0 Å². The van der Waals surface area contributed by atoms with E-state index in [2.05, 4.69) is 71.1 Å². The van der Waals surface area contributed by atoms with Gasteiger partial charge >= 0.3 is 0 Å². The third-order valence-corrected chi connectivity index (χ3v) is 3.74. The lowest BCUT2D eigenvalue weighted by atomic mass is 9.66. The molecule has 0 radical (unpaired) electrons. The van der Waals surface area contributed by atoms with Crippen LogP contribution in [0.25, 0.3) is 0 Å². The topological polar surface area (TPSA) is 0 Å². The molecule has 0 aliphatic heterocycles. The minimum absolute atomic E-state index is 0.307. The summed E-state index contributed by atoms with van der Waals surface area (Å²) < 4.78 is 0. The normalized spacial score (nSPS) is 16.2. The van der Waals surface area contributed by atoms with Crippen LogP contribution >= 0.6 is 0 Å². The Balaban J connectivity index is 0. The first kappa shape index (κ1) is 22.0. The first-order valence-electron chi connectivity index (χ1n) is 8.24. The smallest absolute Gasteiger partial charge is 0.00860 e. The van der Waals surface area contributed by atoms with E-state index in [9.17, 15) is 0 Å². The predicted octanol–water partition coefficient (Wildman–Crippen LogP) is 7.21. The highest BCUT2D eigenvalue weighted by Crippen LogP contribution is 2.42. The Morgan fingerprint density at radius 2 is 0.952 bits per heavy atom. The molecule has 1 aliphatic rings. The van der Waals surface area contributed by atoms with Crippen molar-refractivity contribution in [2.75, 3.05) is 0 Å². The second-order valence-corrected chi connectivity index (χ2v) is 5.82. The van der Waals surface area contributed by atoms with Crippen LogP contribution in [0.1, 0.15) is 61.0 Å². The highest BCUT2D eigenvalue weighted by Gasteiger charge is 2.33. The fraction of sp³-hybridized carbons (Fsp3) is 0.524. The van der Waals surface area contributed by atoms with Crippen LogP contribution in [0.15, 0.2) is 54.6 Å². The van der Waals surface area contributed by atoms with Crippen molar-refractivity contribution in [2.24, 2.45) is 10.8 Å². The molecule has 1 aromatic rings. The minimum Gasteiger partial charge on any atom is -0.0780 e. The van der Waals surface area contributed by atoms with E-state index in [0.717, 1.165) is 0 Å². The molecule has 0 heteroatoms. The minimum atomic E-state index is 0.307. The molecule has 0 N–H and O–H groups in total. The SMILES string of the molecule is CC.CC.CC1(C)C=CC=CC1(C)C.Cc1ccccc1. The summed E-state index contributed by atoms with van der Waals surface area (Å²) in [6.45, 7) is 19.2. The first-order valence-corrected chi connectivity index (χ1v) is 8.24. The maximum atomic E-state index is 2.27. The number of aryl methyl sites for hydroxylation is 1. The summed E-state index contributed by atoms with van der Waals surface area (Å²) in [5.74, 6) is 0. The Morgan fingerprint density at radius 3 is 1.14 bits per heavy atom. The predicted molar refractivity (Wildman–Crippen MR) is 99.7 cm³/mol. The van der Waals surface area contributed by atoms with Crippen LogP contribution in [-0.4, -0.2) is 0 Å². The van der Waals surface area contributed by atoms with Crippen LogP contribution in [0.5, 0.6) is 0 Å². The van der Waals surface area contributed by atoms with E-state index in [1.165, 1.54) is 5.56 Å². The lowest BCUT2D eigenvalue weighted by Gasteiger charge is -2.38. The standard InChI is InChI=1S/C10H16.C7H8.2C2H6/c1-9(2)7-5-6-8-10(9,3)4;1-7-5-3-2-4-6-7;2*1-2/h5-8H,1-4H3;2-6H,1H3;2*1-2H3. The molecular weight excluding hydrogens is 252 g/mol. The molecule has 2 rings (SSSR count). The van der Waals surface area contributed by atoms with E-state index in [1.807, 2.05) is 45.9 Å². The molecule has 0 aromatic heterocycles. The van der Waals surface area contributed by atoms with Gasteiger partial charge in [-0.25, -0.2) is 0 Å². The summed E-state index contributed by atoms with van der Waals surface area (Å²) >= 11 is 0. The number of benzene rings is 1. The largest absolute Gasteiger partial charge is 0.0780 e. The maximum Gasteiger partial charge on any atom is -0.00860 e. The van der Waals surface area contributed by atoms with E-state index in [4.69, 9.17) is 0 Å². The van der Waals surface area contributed by atoms with Crippen LogP contribution in [0, 0.1) is 17.8 Å². The molecule has 0 bridgehead atoms. The summed E-state index contributed by atoms with van der Waals surface area (Å²) in [6.07, 6.45) is 8.80. The Kier molecular flexibility index (Phi) is 11.9. The van der Waals surface area contributed by atoms with Gasteiger partial charge in [0.25, 0.3) is 0 Å². The van der Waals surface area contributed by atoms with Crippen LogP contribution in [0.3, 0.4) is 0 Å². The zero-order valence-electron chi connectivity index (χ0n) is 15.7. The van der Waals surface area contributed by atoms with Gasteiger partial charge in [0.2, 0.25) is 0 Å². The van der Waals surface area contributed by atoms with Crippen molar-refractivity contribution in [3.8, 4) is 0 Å².